The number of nitrogens with zero attached hydrogens (tertiary/aromatic N) is 4. The van der Waals surface area contributed by atoms with Crippen molar-refractivity contribution in [2.24, 2.45) is 5.92 Å². The van der Waals surface area contributed by atoms with Crippen LogP contribution in [0.4, 0.5) is 0 Å². The van der Waals surface area contributed by atoms with E-state index in [-0.39, 0.29) is 24.1 Å². The number of piperidine rings is 1. The maximum Gasteiger partial charge on any atom is 0.346 e. The lowest BCUT2D eigenvalue weighted by Gasteiger charge is -2.34. The molecule has 7 heteroatoms. The molecule has 1 N–H and O–H groups in total. The molecule has 1 saturated heterocycles. The van der Waals surface area contributed by atoms with Crippen LogP contribution in [-0.4, -0.2) is 43.4 Å². The second-order valence-corrected chi connectivity index (χ2v) is 7.89. The minimum atomic E-state index is -0.495. The number of fused-ring (bicyclic) bond motifs is 1. The first-order chi connectivity index (χ1) is 13.6. The summed E-state index contributed by atoms with van der Waals surface area (Å²) in [5.74, 6) is 0.890. The number of benzene rings is 1. The van der Waals surface area contributed by atoms with Crippen molar-refractivity contribution in [3.05, 3.63) is 52.2 Å². The van der Waals surface area contributed by atoms with Crippen molar-refractivity contribution in [3.8, 4) is 0 Å². The Hall–Kier alpha value is -2.41. The molecular formula is C21H28N4O3. The zero-order valence-corrected chi connectivity index (χ0v) is 16.2. The van der Waals surface area contributed by atoms with Gasteiger partial charge >= 0.3 is 5.69 Å². The molecule has 2 aliphatic rings. The molecule has 2 aromatic rings. The van der Waals surface area contributed by atoms with E-state index in [0.29, 0.717) is 19.6 Å². The van der Waals surface area contributed by atoms with Crippen LogP contribution < -0.4 is 5.69 Å². The van der Waals surface area contributed by atoms with Gasteiger partial charge in [0.15, 0.2) is 0 Å². The Morgan fingerprint density at radius 2 is 1.86 bits per heavy atom. The average Bonchev–Trinajstić information content (AvgIpc) is 2.89. The Bertz CT molecular complexity index is 866. The first kappa shape index (κ1) is 18.9. The number of likely N-dealkylation sites (tertiary alicyclic amines) is 1. The first-order valence-electron chi connectivity index (χ1n) is 10.3. The van der Waals surface area contributed by atoms with Crippen LogP contribution in [0.15, 0.2) is 35.1 Å². The van der Waals surface area contributed by atoms with Crippen molar-refractivity contribution in [3.63, 3.8) is 0 Å². The Morgan fingerprint density at radius 3 is 2.61 bits per heavy atom. The fourth-order valence-electron chi connectivity index (χ4n) is 4.34. The highest BCUT2D eigenvalue weighted by Gasteiger charge is 2.29. The summed E-state index contributed by atoms with van der Waals surface area (Å²) in [5, 5.41) is 15.0. The lowest BCUT2D eigenvalue weighted by atomic mass is 9.87. The molecule has 2 aliphatic heterocycles. The Morgan fingerprint density at radius 1 is 1.11 bits per heavy atom. The monoisotopic (exact) mass is 384 g/mol. The lowest BCUT2D eigenvalue weighted by Crippen LogP contribution is -2.42. The maximum atomic E-state index is 12.7. The van der Waals surface area contributed by atoms with Crippen LogP contribution in [0.3, 0.4) is 0 Å². The van der Waals surface area contributed by atoms with E-state index in [0.717, 1.165) is 49.9 Å². The summed E-state index contributed by atoms with van der Waals surface area (Å²) in [6.45, 7) is 1.92. The van der Waals surface area contributed by atoms with Gasteiger partial charge in [0.05, 0.1) is 6.10 Å². The number of hydrogen-bond acceptors (Lipinski definition) is 4. The number of aromatic nitrogens is 3. The summed E-state index contributed by atoms with van der Waals surface area (Å²) in [4.78, 5) is 27.0. The van der Waals surface area contributed by atoms with Crippen LogP contribution in [0.2, 0.25) is 0 Å². The molecule has 1 atom stereocenters. The molecule has 1 fully saturated rings. The average molecular weight is 384 g/mol. The van der Waals surface area contributed by atoms with Gasteiger partial charge in [0.1, 0.15) is 12.4 Å². The van der Waals surface area contributed by atoms with E-state index >= 15 is 0 Å². The third-order valence-electron chi connectivity index (χ3n) is 6.05. The summed E-state index contributed by atoms with van der Waals surface area (Å²) < 4.78 is 3.05. The molecular weight excluding hydrogens is 356 g/mol. The van der Waals surface area contributed by atoms with Gasteiger partial charge in [-0.3, -0.25) is 9.36 Å². The zero-order valence-electron chi connectivity index (χ0n) is 16.2. The highest BCUT2D eigenvalue weighted by atomic mass is 16.3. The molecule has 0 spiro atoms. The Labute approximate surface area is 164 Å². The quantitative estimate of drug-likeness (QED) is 0.871. The van der Waals surface area contributed by atoms with Crippen molar-refractivity contribution < 1.29 is 9.90 Å². The van der Waals surface area contributed by atoms with Crippen LogP contribution in [0.25, 0.3) is 0 Å². The van der Waals surface area contributed by atoms with E-state index in [1.54, 1.807) is 9.47 Å². The van der Waals surface area contributed by atoms with Gasteiger partial charge in [-0.2, -0.15) is 5.10 Å². The van der Waals surface area contributed by atoms with E-state index in [2.05, 4.69) is 5.10 Å². The van der Waals surface area contributed by atoms with Gasteiger partial charge in [0, 0.05) is 26.1 Å². The number of amides is 1. The second kappa shape index (κ2) is 8.31. The Kier molecular flexibility index (Phi) is 5.62. The second-order valence-electron chi connectivity index (χ2n) is 7.89. The molecule has 0 radical (unpaired) electrons. The third kappa shape index (κ3) is 3.90. The molecule has 3 heterocycles. The largest absolute Gasteiger partial charge is 0.388 e. The minimum absolute atomic E-state index is 0.00470. The summed E-state index contributed by atoms with van der Waals surface area (Å²) >= 11 is 0. The van der Waals surface area contributed by atoms with E-state index < -0.39 is 6.10 Å². The molecule has 4 rings (SSSR count). The molecule has 0 aliphatic carbocycles. The van der Waals surface area contributed by atoms with Gasteiger partial charge < -0.3 is 10.0 Å². The number of rotatable bonds is 4. The van der Waals surface area contributed by atoms with Crippen LogP contribution in [0, 0.1) is 5.92 Å². The fourth-order valence-corrected chi connectivity index (χ4v) is 4.34. The van der Waals surface area contributed by atoms with Crippen LogP contribution in [0.1, 0.15) is 49.6 Å². The van der Waals surface area contributed by atoms with Crippen molar-refractivity contribution in [1.29, 1.82) is 0 Å². The highest BCUT2D eigenvalue weighted by molar-refractivity contribution is 5.75. The normalized spacial score (nSPS) is 19.1. The van der Waals surface area contributed by atoms with Crippen LogP contribution >= 0.6 is 0 Å². The number of aryl methyl sites for hydroxylation is 1. The first-order valence-corrected chi connectivity index (χ1v) is 10.3. The minimum Gasteiger partial charge on any atom is -0.388 e. The van der Waals surface area contributed by atoms with Gasteiger partial charge in [-0.1, -0.05) is 36.8 Å². The van der Waals surface area contributed by atoms with Crippen molar-refractivity contribution >= 4 is 5.91 Å². The Balaban J connectivity index is 1.35. The molecule has 150 valence electrons. The van der Waals surface area contributed by atoms with Crippen molar-refractivity contribution in [2.45, 2.75) is 57.7 Å². The van der Waals surface area contributed by atoms with E-state index in [1.807, 2.05) is 30.3 Å². The maximum absolute atomic E-state index is 12.7. The summed E-state index contributed by atoms with van der Waals surface area (Å²) in [6, 6.07) is 9.69. The van der Waals surface area contributed by atoms with Crippen molar-refractivity contribution in [1.82, 2.24) is 19.2 Å². The number of aliphatic hydroxyl groups is 1. The predicted molar refractivity (Wildman–Crippen MR) is 105 cm³/mol. The lowest BCUT2D eigenvalue weighted by molar-refractivity contribution is -0.134. The summed E-state index contributed by atoms with van der Waals surface area (Å²) in [5.41, 5.74) is 0.762. The SMILES string of the molecule is O=C(Cn1nc2n(c1=O)CCCCC2)N1CCC(C(O)c2ccccc2)CC1. The zero-order chi connectivity index (χ0) is 19.5. The molecule has 0 bridgehead atoms. The molecule has 0 saturated carbocycles. The van der Waals surface area contributed by atoms with Gasteiger partial charge in [-0.25, -0.2) is 9.48 Å². The van der Waals surface area contributed by atoms with Gasteiger partial charge in [0.2, 0.25) is 5.91 Å². The van der Waals surface area contributed by atoms with Crippen LogP contribution in [-0.2, 0) is 24.3 Å². The predicted octanol–water partition coefficient (Wildman–Crippen LogP) is 1.74. The van der Waals surface area contributed by atoms with Crippen molar-refractivity contribution in [2.75, 3.05) is 13.1 Å². The van der Waals surface area contributed by atoms with Gasteiger partial charge in [-0.05, 0) is 37.2 Å². The molecule has 7 nitrogen and oxygen atoms in total. The van der Waals surface area contributed by atoms with E-state index in [9.17, 15) is 14.7 Å². The van der Waals surface area contributed by atoms with Gasteiger partial charge in [-0.15, -0.1) is 0 Å². The topological polar surface area (TPSA) is 80.4 Å². The fraction of sp³-hybridized carbons (Fsp3) is 0.571. The molecule has 1 aromatic carbocycles. The number of carbonyl (C=O) groups excluding carboxylic acids is 1. The molecule has 1 aromatic heterocycles. The summed E-state index contributed by atoms with van der Waals surface area (Å²) in [6.07, 6.45) is 4.98. The molecule has 1 unspecified atom stereocenters. The number of hydrogen-bond donors (Lipinski definition) is 1. The van der Waals surface area contributed by atoms with Gasteiger partial charge in [0.25, 0.3) is 0 Å². The third-order valence-corrected chi connectivity index (χ3v) is 6.05. The molecule has 1 amide bonds. The summed E-state index contributed by atoms with van der Waals surface area (Å²) in [7, 11) is 0. The molecule has 28 heavy (non-hydrogen) atoms. The standard InChI is InChI=1S/C21H28N4O3/c26-19(15-25-21(28)24-12-6-2-5-9-18(24)22-25)23-13-10-17(11-14-23)20(27)16-7-3-1-4-8-16/h1,3-4,7-8,17,20,27H,2,5-6,9-15H2. The van der Waals surface area contributed by atoms with E-state index in [1.165, 1.54) is 4.68 Å². The van der Waals surface area contributed by atoms with E-state index in [4.69, 9.17) is 0 Å². The highest BCUT2D eigenvalue weighted by Crippen LogP contribution is 2.30. The number of carbonyl (C=O) groups is 1. The van der Waals surface area contributed by atoms with Crippen LogP contribution in [0.5, 0.6) is 0 Å². The smallest absolute Gasteiger partial charge is 0.346 e. The number of aliphatic hydroxyl groups excluding tert-OH is 1.